The monoisotopic (exact) mass is 1140 g/mol. The summed E-state index contributed by atoms with van der Waals surface area (Å²) in [5.74, 6) is -0.222. The molecule has 1 amide bonds. The molecule has 0 heterocycles. The molecule has 0 aromatic heterocycles. The second kappa shape index (κ2) is 60.7. The van der Waals surface area contributed by atoms with E-state index >= 15 is 0 Å². The van der Waals surface area contributed by atoms with E-state index in [1.54, 1.807) is 6.08 Å². The summed E-state index contributed by atoms with van der Waals surface area (Å²) < 4.78 is 23.3. The normalized spacial score (nSPS) is 14.8. The first-order chi connectivity index (χ1) is 39.5. The van der Waals surface area contributed by atoms with Crippen LogP contribution in [0.5, 0.6) is 0 Å². The number of hydrogen-bond donors (Lipinski definition) is 2. The highest BCUT2D eigenvalue weighted by atomic mass is 31.2. The summed E-state index contributed by atoms with van der Waals surface area (Å²) >= 11 is 0. The average Bonchev–Trinajstić information content (AvgIpc) is 3.43. The van der Waals surface area contributed by atoms with Gasteiger partial charge in [-0.05, 0) is 122 Å². The number of amides is 1. The molecule has 0 bridgehead atoms. The van der Waals surface area contributed by atoms with Gasteiger partial charge in [-0.3, -0.25) is 9.36 Å². The fourth-order valence-corrected chi connectivity index (χ4v) is 9.17. The second-order valence-electron chi connectivity index (χ2n) is 22.4. The maximum Gasteiger partial charge on any atom is 0.268 e. The third-order valence-corrected chi connectivity index (χ3v) is 14.4. The molecule has 3 unspecified atom stereocenters. The number of phosphoric acid groups is 1. The number of allylic oxidation sites excluding steroid dienone is 25. The number of unbranched alkanes of at least 4 members (excludes halogenated alkanes) is 20. The van der Waals surface area contributed by atoms with Crippen molar-refractivity contribution in [3.8, 4) is 0 Å². The molecular weight excluding hydrogens is 1020 g/mol. The van der Waals surface area contributed by atoms with E-state index in [9.17, 15) is 19.4 Å². The predicted octanol–water partition coefficient (Wildman–Crippen LogP) is 20.0. The number of carbonyl (C=O) groups is 1. The number of aliphatic hydroxyl groups is 1. The molecule has 9 heteroatoms. The van der Waals surface area contributed by atoms with Gasteiger partial charge in [-0.15, -0.1) is 0 Å². The Morgan fingerprint density at radius 1 is 0.444 bits per heavy atom. The van der Waals surface area contributed by atoms with Crippen molar-refractivity contribution in [1.82, 2.24) is 5.32 Å². The zero-order chi connectivity index (χ0) is 59.1. The van der Waals surface area contributed by atoms with Crippen LogP contribution in [-0.2, 0) is 18.4 Å². The van der Waals surface area contributed by atoms with Crippen LogP contribution in [0.15, 0.2) is 158 Å². The van der Waals surface area contributed by atoms with Gasteiger partial charge < -0.3 is 28.8 Å². The van der Waals surface area contributed by atoms with E-state index in [4.69, 9.17) is 9.05 Å². The molecule has 0 aliphatic carbocycles. The molecule has 81 heavy (non-hydrogen) atoms. The Bertz CT molecular complexity index is 1870. The Labute approximate surface area is 499 Å². The summed E-state index contributed by atoms with van der Waals surface area (Å²) in [5.41, 5.74) is 0. The Morgan fingerprint density at radius 2 is 0.765 bits per heavy atom. The first-order valence-corrected chi connectivity index (χ1v) is 33.8. The predicted molar refractivity (Wildman–Crippen MR) is 352 cm³/mol. The lowest BCUT2D eigenvalue weighted by Crippen LogP contribution is -2.45. The van der Waals surface area contributed by atoms with Gasteiger partial charge in [-0.25, -0.2) is 0 Å². The number of quaternary nitrogens is 1. The fourth-order valence-electron chi connectivity index (χ4n) is 8.45. The fraction of sp³-hybridized carbons (Fsp3) is 0.625. The van der Waals surface area contributed by atoms with Crippen LogP contribution in [0.25, 0.3) is 0 Å². The molecule has 0 saturated carbocycles. The summed E-state index contributed by atoms with van der Waals surface area (Å²) in [6.07, 6.45) is 94.8. The van der Waals surface area contributed by atoms with Crippen LogP contribution >= 0.6 is 7.82 Å². The van der Waals surface area contributed by atoms with Crippen molar-refractivity contribution in [3.63, 3.8) is 0 Å². The van der Waals surface area contributed by atoms with Crippen LogP contribution in [-0.4, -0.2) is 68.5 Å². The van der Waals surface area contributed by atoms with E-state index in [-0.39, 0.29) is 12.5 Å². The summed E-state index contributed by atoms with van der Waals surface area (Å²) in [4.78, 5) is 25.5. The third kappa shape index (κ3) is 63.5. The molecule has 8 nitrogen and oxygen atoms in total. The Kier molecular flexibility index (Phi) is 57.8. The highest BCUT2D eigenvalue weighted by molar-refractivity contribution is 7.45. The van der Waals surface area contributed by atoms with Gasteiger partial charge in [0.05, 0.1) is 39.9 Å². The Morgan fingerprint density at radius 3 is 1.15 bits per heavy atom. The van der Waals surface area contributed by atoms with Gasteiger partial charge in [0.15, 0.2) is 0 Å². The van der Waals surface area contributed by atoms with E-state index in [0.717, 1.165) is 122 Å². The minimum atomic E-state index is -4.62. The highest BCUT2D eigenvalue weighted by Gasteiger charge is 2.23. The van der Waals surface area contributed by atoms with Gasteiger partial charge in [0.2, 0.25) is 5.91 Å². The number of nitrogens with one attached hydrogen (secondary N) is 1. The molecule has 0 spiro atoms. The third-order valence-electron chi connectivity index (χ3n) is 13.4. The van der Waals surface area contributed by atoms with Gasteiger partial charge in [0, 0.05) is 6.42 Å². The molecule has 0 aromatic carbocycles. The van der Waals surface area contributed by atoms with Crippen molar-refractivity contribution in [3.05, 3.63) is 158 Å². The van der Waals surface area contributed by atoms with Crippen LogP contribution in [0.3, 0.4) is 0 Å². The molecule has 0 rings (SSSR count). The maximum atomic E-state index is 13.0. The van der Waals surface area contributed by atoms with Gasteiger partial charge in [0.1, 0.15) is 13.2 Å². The first kappa shape index (κ1) is 77.1. The van der Waals surface area contributed by atoms with Crippen molar-refractivity contribution in [2.45, 2.75) is 251 Å². The molecule has 3 atom stereocenters. The summed E-state index contributed by atoms with van der Waals surface area (Å²) in [6.45, 7) is 4.48. The van der Waals surface area contributed by atoms with Crippen LogP contribution in [0, 0.1) is 0 Å². The number of phosphoric ester groups is 1. The lowest BCUT2D eigenvalue weighted by molar-refractivity contribution is -0.870. The zero-order valence-corrected chi connectivity index (χ0v) is 53.3. The molecule has 0 fully saturated rings. The summed E-state index contributed by atoms with van der Waals surface area (Å²) in [5, 5.41) is 13.9. The second-order valence-corrected chi connectivity index (χ2v) is 23.8. The number of likely N-dealkylation sites (N-methyl/N-ethyl adjacent to an activating group) is 1. The average molecular weight is 1140 g/mol. The minimum Gasteiger partial charge on any atom is -0.756 e. The number of rotatable bonds is 57. The molecule has 0 aliphatic heterocycles. The smallest absolute Gasteiger partial charge is 0.268 e. The van der Waals surface area contributed by atoms with E-state index in [1.807, 2.05) is 27.2 Å². The van der Waals surface area contributed by atoms with Crippen molar-refractivity contribution in [2.24, 2.45) is 0 Å². The SMILES string of the molecule is CC/C=C\C/C=C\C/C=C\C/C=C\C/C=C\C/C=C\C/C=C\C/C=C\C/C=C\C/C=C\CCCCCCCCCCCCC(=O)NC(COP(=O)([O-])OCC[N+](C)(C)C)C(O)/C=C/CC/C=C/CC/C=C/CCCCCCCCCC. The van der Waals surface area contributed by atoms with E-state index in [2.05, 4.69) is 165 Å². The van der Waals surface area contributed by atoms with E-state index in [1.165, 1.54) is 96.3 Å². The molecule has 460 valence electrons. The van der Waals surface area contributed by atoms with E-state index in [0.29, 0.717) is 17.4 Å². The van der Waals surface area contributed by atoms with E-state index < -0.39 is 26.6 Å². The first-order valence-electron chi connectivity index (χ1n) is 32.3. The molecule has 0 saturated heterocycles. The number of carbonyl (C=O) groups excluding carboxylic acids is 1. The zero-order valence-electron chi connectivity index (χ0n) is 52.4. The Hall–Kier alpha value is -3.88. The topological polar surface area (TPSA) is 108 Å². The van der Waals surface area contributed by atoms with Crippen LogP contribution in [0.2, 0.25) is 0 Å². The largest absolute Gasteiger partial charge is 0.756 e. The minimum absolute atomic E-state index is 0.0172. The summed E-state index contributed by atoms with van der Waals surface area (Å²) in [7, 11) is 1.21. The van der Waals surface area contributed by atoms with Crippen LogP contribution in [0.4, 0.5) is 0 Å². The maximum absolute atomic E-state index is 13.0. The molecular formula is C72H121N2O6P. The van der Waals surface area contributed by atoms with Crippen LogP contribution in [0.1, 0.15) is 239 Å². The molecule has 0 radical (unpaired) electrons. The lowest BCUT2D eigenvalue weighted by Gasteiger charge is -2.29. The molecule has 0 aliphatic rings. The number of nitrogens with zero attached hydrogens (tertiary/aromatic N) is 1. The molecule has 0 aromatic rings. The number of aliphatic hydroxyl groups excluding tert-OH is 1. The van der Waals surface area contributed by atoms with Gasteiger partial charge in [-0.1, -0.05) is 268 Å². The standard InChI is InChI=1S/C72H121N2O6P/c1-6-8-10-12-14-16-18-20-22-24-26-27-28-29-30-31-32-33-34-35-36-37-38-39-40-41-42-43-44-45-46-47-48-50-52-54-56-58-60-62-64-66-72(76)73-70(69-80-81(77,78)79-68-67-74(3,4)5)71(75)65-63-61-59-57-55-53-51-49-25-23-21-19-17-15-13-11-9-7-2/h8,10,14,16,20,22,25-27,29-30,32-33,35-36,38-39,41-42,44-45,49,55,57,63,65,70-71,75H,6-7,9,11-13,15,17-19,21,23-24,28,31,34,37,40,43,46-48,50-54,56,58-62,64,66-69H2,1-5H3,(H-,73,76,77,78)/b10-8-,16-14-,22-20-,27-26-,30-29-,33-32-,36-35-,39-38-,42-41-,45-44-,49-25+,57-55+,65-63+. The number of hydrogen-bond acceptors (Lipinski definition) is 6. The van der Waals surface area contributed by atoms with Gasteiger partial charge in [-0.2, -0.15) is 0 Å². The van der Waals surface area contributed by atoms with Crippen molar-refractivity contribution < 1.29 is 32.9 Å². The lowest BCUT2D eigenvalue weighted by atomic mass is 10.0. The molecule has 2 N–H and O–H groups in total. The van der Waals surface area contributed by atoms with Gasteiger partial charge >= 0.3 is 0 Å². The van der Waals surface area contributed by atoms with Crippen LogP contribution < -0.4 is 10.2 Å². The van der Waals surface area contributed by atoms with Crippen molar-refractivity contribution in [1.29, 1.82) is 0 Å². The van der Waals surface area contributed by atoms with Gasteiger partial charge in [0.25, 0.3) is 7.82 Å². The quantitative estimate of drug-likeness (QED) is 0.0272. The highest BCUT2D eigenvalue weighted by Crippen LogP contribution is 2.38. The van der Waals surface area contributed by atoms with Crippen molar-refractivity contribution >= 4 is 13.7 Å². The summed E-state index contributed by atoms with van der Waals surface area (Å²) in [6, 6.07) is -0.923. The van der Waals surface area contributed by atoms with Crippen molar-refractivity contribution in [2.75, 3.05) is 40.9 Å². The Balaban J connectivity index is 4.16.